The molecule has 7 heteroatoms. The lowest BCUT2D eigenvalue weighted by atomic mass is 10.2. The molecule has 0 spiro atoms. The monoisotopic (exact) mass is 301 g/mol. The molecule has 1 aromatic carbocycles. The highest BCUT2D eigenvalue weighted by atomic mass is 31.2. The molecule has 0 fully saturated rings. The van der Waals surface area contributed by atoms with Crippen molar-refractivity contribution in [2.75, 3.05) is 13.3 Å². The molecule has 0 aliphatic carbocycles. The highest BCUT2D eigenvalue weighted by molar-refractivity contribution is 7.53. The normalized spacial score (nSPS) is 13.7. The third kappa shape index (κ3) is 6.17. The molecule has 20 heavy (non-hydrogen) atoms. The van der Waals surface area contributed by atoms with E-state index in [0.717, 1.165) is 25.7 Å². The second-order valence-corrected chi connectivity index (χ2v) is 6.49. The summed E-state index contributed by atoms with van der Waals surface area (Å²) < 4.78 is 22.6. The molecule has 1 unspecified atom stereocenters. The van der Waals surface area contributed by atoms with Gasteiger partial charge in [-0.1, -0.05) is 26.2 Å². The third-order valence-corrected chi connectivity index (χ3v) is 3.84. The van der Waals surface area contributed by atoms with Gasteiger partial charge < -0.3 is 4.52 Å². The van der Waals surface area contributed by atoms with Crippen LogP contribution in [-0.4, -0.2) is 18.2 Å². The van der Waals surface area contributed by atoms with Crippen molar-refractivity contribution < 1.29 is 18.5 Å². The van der Waals surface area contributed by atoms with Crippen LogP contribution >= 0.6 is 7.60 Å². The van der Waals surface area contributed by atoms with Gasteiger partial charge >= 0.3 is 7.60 Å². The average Bonchev–Trinajstić information content (AvgIpc) is 2.38. The Hall–Kier alpha value is -1.39. The number of unbranched alkanes of at least 4 members (excludes halogenated alkanes) is 3. The van der Waals surface area contributed by atoms with E-state index >= 15 is 0 Å². The zero-order valence-corrected chi connectivity index (χ0v) is 12.7. The molecule has 0 aromatic heterocycles. The van der Waals surface area contributed by atoms with Crippen LogP contribution in [0.25, 0.3) is 0 Å². The summed E-state index contributed by atoms with van der Waals surface area (Å²) >= 11 is 0. The Kier molecular flexibility index (Phi) is 6.68. The van der Waals surface area contributed by atoms with Crippen LogP contribution in [0, 0.1) is 10.1 Å². The maximum absolute atomic E-state index is 12.1. The quantitative estimate of drug-likeness (QED) is 0.292. The van der Waals surface area contributed by atoms with E-state index in [1.165, 1.54) is 30.9 Å². The molecular weight excluding hydrogens is 281 g/mol. The van der Waals surface area contributed by atoms with Crippen molar-refractivity contribution in [3.63, 3.8) is 0 Å². The van der Waals surface area contributed by atoms with Crippen molar-refractivity contribution in [1.82, 2.24) is 0 Å². The second-order valence-electron chi connectivity index (χ2n) is 4.51. The van der Waals surface area contributed by atoms with Crippen molar-refractivity contribution in [1.29, 1.82) is 0 Å². The van der Waals surface area contributed by atoms with Crippen LogP contribution in [0.2, 0.25) is 0 Å². The van der Waals surface area contributed by atoms with Crippen molar-refractivity contribution >= 4 is 13.3 Å². The van der Waals surface area contributed by atoms with Gasteiger partial charge in [0.05, 0.1) is 11.5 Å². The molecule has 1 rings (SSSR count). The van der Waals surface area contributed by atoms with Crippen molar-refractivity contribution in [3.05, 3.63) is 34.4 Å². The number of hydrogen-bond acceptors (Lipinski definition) is 5. The standard InChI is InChI=1S/C13H20NO5P/c1-3-4-5-6-11-18-20(2,17)19-13-9-7-12(8-10-13)14(15)16/h7-10H,3-6,11H2,1-2H3. The van der Waals surface area contributed by atoms with Crippen LogP contribution < -0.4 is 4.52 Å². The summed E-state index contributed by atoms with van der Waals surface area (Å²) in [4.78, 5) is 10.0. The van der Waals surface area contributed by atoms with Crippen LogP contribution in [0.1, 0.15) is 32.6 Å². The lowest BCUT2D eigenvalue weighted by molar-refractivity contribution is -0.384. The van der Waals surface area contributed by atoms with Gasteiger partial charge in [-0.25, -0.2) is 4.57 Å². The Morgan fingerprint density at radius 2 is 1.85 bits per heavy atom. The molecule has 0 aliphatic heterocycles. The van der Waals surface area contributed by atoms with Gasteiger partial charge in [0, 0.05) is 18.8 Å². The molecule has 1 aromatic rings. The fourth-order valence-corrected chi connectivity index (χ4v) is 2.62. The summed E-state index contributed by atoms with van der Waals surface area (Å²) in [5.74, 6) is 0.301. The van der Waals surface area contributed by atoms with E-state index < -0.39 is 12.5 Å². The number of rotatable bonds is 9. The number of benzene rings is 1. The summed E-state index contributed by atoms with van der Waals surface area (Å²) in [7, 11) is -3.17. The van der Waals surface area contributed by atoms with Gasteiger partial charge in [-0.15, -0.1) is 0 Å². The van der Waals surface area contributed by atoms with Crippen molar-refractivity contribution in [2.24, 2.45) is 0 Å². The van der Waals surface area contributed by atoms with E-state index in [9.17, 15) is 14.7 Å². The van der Waals surface area contributed by atoms with Crippen LogP contribution in [0.5, 0.6) is 5.75 Å². The van der Waals surface area contributed by atoms with E-state index in [0.29, 0.717) is 12.4 Å². The van der Waals surface area contributed by atoms with Crippen LogP contribution in [-0.2, 0) is 9.09 Å². The molecule has 112 valence electrons. The van der Waals surface area contributed by atoms with E-state index in [1.54, 1.807) is 0 Å². The summed E-state index contributed by atoms with van der Waals surface area (Å²) in [6.45, 7) is 3.90. The summed E-state index contributed by atoms with van der Waals surface area (Å²) in [6.07, 6.45) is 4.13. The Balaban J connectivity index is 2.44. The maximum Gasteiger partial charge on any atom is 0.376 e. The van der Waals surface area contributed by atoms with Gasteiger partial charge in [-0.3, -0.25) is 14.6 Å². The van der Waals surface area contributed by atoms with E-state index in [1.807, 2.05) is 0 Å². The Bertz CT molecular complexity index is 474. The Labute approximate surface area is 118 Å². The maximum atomic E-state index is 12.1. The highest BCUT2D eigenvalue weighted by Crippen LogP contribution is 2.44. The number of nitrogens with zero attached hydrogens (tertiary/aromatic N) is 1. The number of non-ortho nitro benzene ring substituents is 1. The Morgan fingerprint density at radius 3 is 2.40 bits per heavy atom. The van der Waals surface area contributed by atoms with Crippen molar-refractivity contribution in [2.45, 2.75) is 32.6 Å². The number of hydrogen-bond donors (Lipinski definition) is 0. The predicted molar refractivity (Wildman–Crippen MR) is 77.3 cm³/mol. The zero-order chi connectivity index (χ0) is 15.0. The minimum Gasteiger partial charge on any atom is -0.425 e. The summed E-state index contributed by atoms with van der Waals surface area (Å²) in [6, 6.07) is 5.43. The predicted octanol–water partition coefficient (Wildman–Crippen LogP) is 4.39. The molecule has 0 aliphatic rings. The lowest BCUT2D eigenvalue weighted by Gasteiger charge is -2.15. The first kappa shape index (κ1) is 16.7. The van der Waals surface area contributed by atoms with Gasteiger partial charge in [0.2, 0.25) is 0 Å². The van der Waals surface area contributed by atoms with E-state index in [-0.39, 0.29) is 5.69 Å². The average molecular weight is 301 g/mol. The molecule has 0 bridgehead atoms. The molecule has 0 heterocycles. The van der Waals surface area contributed by atoms with Gasteiger partial charge in [0.25, 0.3) is 5.69 Å². The van der Waals surface area contributed by atoms with Crippen LogP contribution in [0.3, 0.4) is 0 Å². The molecule has 0 saturated heterocycles. The van der Waals surface area contributed by atoms with E-state index in [2.05, 4.69) is 6.92 Å². The molecule has 0 radical (unpaired) electrons. The number of nitro benzene ring substituents is 1. The van der Waals surface area contributed by atoms with Crippen molar-refractivity contribution in [3.8, 4) is 5.75 Å². The molecule has 0 N–H and O–H groups in total. The molecule has 6 nitrogen and oxygen atoms in total. The van der Waals surface area contributed by atoms with Gasteiger partial charge in [0.1, 0.15) is 5.75 Å². The van der Waals surface area contributed by atoms with Gasteiger partial charge in [-0.2, -0.15) is 0 Å². The minimum atomic E-state index is -3.17. The second kappa shape index (κ2) is 8.02. The zero-order valence-electron chi connectivity index (χ0n) is 11.8. The summed E-state index contributed by atoms with van der Waals surface area (Å²) in [5, 5.41) is 10.5. The first-order valence-corrected chi connectivity index (χ1v) is 8.59. The fraction of sp³-hybridized carbons (Fsp3) is 0.538. The first-order valence-electron chi connectivity index (χ1n) is 6.60. The molecule has 1 atom stereocenters. The SMILES string of the molecule is CCCCCCOP(C)(=O)Oc1ccc([N+](=O)[O-])cc1. The minimum absolute atomic E-state index is 0.0382. The van der Waals surface area contributed by atoms with E-state index in [4.69, 9.17) is 9.05 Å². The largest absolute Gasteiger partial charge is 0.425 e. The lowest BCUT2D eigenvalue weighted by Crippen LogP contribution is -1.99. The smallest absolute Gasteiger partial charge is 0.376 e. The van der Waals surface area contributed by atoms with Crippen LogP contribution in [0.4, 0.5) is 5.69 Å². The molecule has 0 saturated carbocycles. The topological polar surface area (TPSA) is 78.7 Å². The summed E-state index contributed by atoms with van der Waals surface area (Å²) in [5.41, 5.74) is -0.0382. The number of nitro groups is 1. The Morgan fingerprint density at radius 1 is 1.20 bits per heavy atom. The van der Waals surface area contributed by atoms with Gasteiger partial charge in [0.15, 0.2) is 0 Å². The molecule has 0 amide bonds. The van der Waals surface area contributed by atoms with Crippen LogP contribution in [0.15, 0.2) is 24.3 Å². The highest BCUT2D eigenvalue weighted by Gasteiger charge is 2.18. The first-order chi connectivity index (χ1) is 9.44. The molecular formula is C13H20NO5P. The third-order valence-electron chi connectivity index (χ3n) is 2.64. The fourth-order valence-electron chi connectivity index (χ4n) is 1.61. The van der Waals surface area contributed by atoms with Gasteiger partial charge in [-0.05, 0) is 18.6 Å².